The number of benzene rings is 1. The number of ether oxygens (including phenoxy) is 1. The highest BCUT2D eigenvalue weighted by Gasteiger charge is 2.15. The van der Waals surface area contributed by atoms with E-state index in [1.54, 1.807) is 18.2 Å². The van der Waals surface area contributed by atoms with E-state index in [9.17, 15) is 9.90 Å². The number of thioether (sulfide) groups is 1. The van der Waals surface area contributed by atoms with Crippen molar-refractivity contribution >= 4 is 35.4 Å². The molecule has 8 heteroatoms. The highest BCUT2D eigenvalue weighted by atomic mass is 35.5. The monoisotopic (exact) mass is 340 g/mol. The molecule has 0 saturated heterocycles. The van der Waals surface area contributed by atoms with Crippen LogP contribution in [0.15, 0.2) is 32.7 Å². The Labute approximate surface area is 136 Å². The molecule has 1 aromatic carbocycles. The summed E-state index contributed by atoms with van der Waals surface area (Å²) >= 11 is 6.92. The topological polar surface area (TPSA) is 85.5 Å². The van der Waals surface area contributed by atoms with E-state index in [2.05, 4.69) is 10.2 Å². The summed E-state index contributed by atoms with van der Waals surface area (Å²) in [5, 5.41) is 17.5. The summed E-state index contributed by atoms with van der Waals surface area (Å²) in [5.74, 6) is -0.110. The molecule has 22 heavy (non-hydrogen) atoms. The Balaban J connectivity index is 2.26. The zero-order valence-corrected chi connectivity index (χ0v) is 13.4. The van der Waals surface area contributed by atoms with Gasteiger partial charge in [0, 0.05) is 6.42 Å². The Morgan fingerprint density at radius 1 is 1.50 bits per heavy atom. The lowest BCUT2D eigenvalue weighted by Gasteiger charge is -2.04. The molecule has 0 aliphatic carbocycles. The molecule has 1 aromatic heterocycles. The number of carboxylic acid groups (broad SMARTS) is 1. The van der Waals surface area contributed by atoms with Crippen LogP contribution in [0.1, 0.15) is 18.4 Å². The molecule has 2 rings (SSSR count). The van der Waals surface area contributed by atoms with Gasteiger partial charge >= 0.3 is 5.97 Å². The third kappa shape index (κ3) is 4.02. The second kappa shape index (κ2) is 7.33. The van der Waals surface area contributed by atoms with Crippen molar-refractivity contribution in [3.63, 3.8) is 0 Å². The lowest BCUT2D eigenvalue weighted by Crippen LogP contribution is -1.97. The van der Waals surface area contributed by atoms with Gasteiger partial charge in [0.15, 0.2) is 0 Å². The summed E-state index contributed by atoms with van der Waals surface area (Å²) in [5.41, 5.74) is 0.630. The molecule has 1 N–H and O–H groups in total. The normalized spacial score (nSPS) is 11.5. The molecule has 116 valence electrons. The summed E-state index contributed by atoms with van der Waals surface area (Å²) < 4.78 is 10.4. The molecule has 6 nitrogen and oxygen atoms in total. The maximum Gasteiger partial charge on any atom is 0.342 e. The van der Waals surface area contributed by atoms with Gasteiger partial charge in [-0.1, -0.05) is 24.6 Å². The molecular formula is C14H13ClN2O4S. The summed E-state index contributed by atoms with van der Waals surface area (Å²) in [4.78, 5) is 11.4. The van der Waals surface area contributed by atoms with Gasteiger partial charge in [-0.2, -0.15) is 0 Å². The van der Waals surface area contributed by atoms with Crippen molar-refractivity contribution in [3.8, 4) is 5.75 Å². The first-order valence-corrected chi connectivity index (χ1v) is 7.51. The Morgan fingerprint density at radius 2 is 2.27 bits per heavy atom. The smallest absolute Gasteiger partial charge is 0.342 e. The fourth-order valence-corrected chi connectivity index (χ4v) is 2.53. The van der Waals surface area contributed by atoms with Crippen LogP contribution in [-0.2, 0) is 11.2 Å². The Bertz CT molecular complexity index is 715. The molecule has 0 spiro atoms. The number of aliphatic carboxylic acids is 1. The molecule has 0 saturated carbocycles. The minimum Gasteiger partial charge on any atom is -0.495 e. The number of aromatic nitrogens is 2. The number of halogens is 1. The number of carboxylic acids is 1. The standard InChI is InChI=1S/C14H13ClN2O4S/c1-3-12-16-17-14(21-12)22-11(13(18)19)7-8-4-5-10(20-2)9(15)6-8/h4-7H,3H2,1-2H3,(H,18,19)/b11-7+. The van der Waals surface area contributed by atoms with Crippen LogP contribution >= 0.6 is 23.4 Å². The van der Waals surface area contributed by atoms with Gasteiger partial charge in [0.25, 0.3) is 5.22 Å². The summed E-state index contributed by atoms with van der Waals surface area (Å²) in [6.07, 6.45) is 2.07. The van der Waals surface area contributed by atoms with Crippen LogP contribution in [-0.4, -0.2) is 28.4 Å². The molecule has 0 fully saturated rings. The third-order valence-corrected chi connectivity index (χ3v) is 3.78. The van der Waals surface area contributed by atoms with Crippen molar-refractivity contribution in [3.05, 3.63) is 39.6 Å². The first kappa shape index (κ1) is 16.4. The first-order valence-electron chi connectivity index (χ1n) is 6.32. The van der Waals surface area contributed by atoms with Crippen LogP contribution < -0.4 is 4.74 Å². The maximum atomic E-state index is 11.4. The van der Waals surface area contributed by atoms with Gasteiger partial charge in [0.05, 0.1) is 12.1 Å². The lowest BCUT2D eigenvalue weighted by molar-refractivity contribution is -0.131. The van der Waals surface area contributed by atoms with E-state index in [4.69, 9.17) is 20.8 Å². The number of aryl methyl sites for hydroxylation is 1. The van der Waals surface area contributed by atoms with Crippen LogP contribution in [0.4, 0.5) is 0 Å². The number of hydrogen-bond acceptors (Lipinski definition) is 6. The van der Waals surface area contributed by atoms with Gasteiger partial charge in [-0.3, -0.25) is 0 Å². The number of methoxy groups -OCH3 is 1. The number of nitrogens with zero attached hydrogens (tertiary/aromatic N) is 2. The second-order valence-electron chi connectivity index (χ2n) is 4.13. The summed E-state index contributed by atoms with van der Waals surface area (Å²) in [7, 11) is 1.51. The van der Waals surface area contributed by atoms with E-state index < -0.39 is 5.97 Å². The molecule has 0 aliphatic heterocycles. The Hall–Kier alpha value is -1.99. The molecule has 0 atom stereocenters. The molecule has 0 unspecified atom stereocenters. The van der Waals surface area contributed by atoms with E-state index >= 15 is 0 Å². The molecular weight excluding hydrogens is 328 g/mol. The zero-order chi connectivity index (χ0) is 16.1. The predicted octanol–water partition coefficient (Wildman–Crippen LogP) is 3.51. The number of hydrogen-bond donors (Lipinski definition) is 1. The average Bonchev–Trinajstić information content (AvgIpc) is 2.94. The lowest BCUT2D eigenvalue weighted by atomic mass is 10.2. The molecule has 0 aliphatic rings. The summed E-state index contributed by atoms with van der Waals surface area (Å²) in [6.45, 7) is 1.87. The largest absolute Gasteiger partial charge is 0.495 e. The van der Waals surface area contributed by atoms with Crippen LogP contribution in [0.25, 0.3) is 6.08 Å². The number of carbonyl (C=O) groups is 1. The van der Waals surface area contributed by atoms with E-state index in [1.165, 1.54) is 13.2 Å². The van der Waals surface area contributed by atoms with E-state index in [0.29, 0.717) is 28.6 Å². The van der Waals surface area contributed by atoms with Crippen molar-refractivity contribution in [1.82, 2.24) is 10.2 Å². The van der Waals surface area contributed by atoms with E-state index in [0.717, 1.165) is 11.8 Å². The Kier molecular flexibility index (Phi) is 5.46. The van der Waals surface area contributed by atoms with Gasteiger partial charge in [-0.15, -0.1) is 10.2 Å². The van der Waals surface area contributed by atoms with Crippen LogP contribution in [0.3, 0.4) is 0 Å². The maximum absolute atomic E-state index is 11.4. The number of rotatable bonds is 6. The minimum atomic E-state index is -1.09. The van der Waals surface area contributed by atoms with Gasteiger partial charge in [0.1, 0.15) is 10.7 Å². The molecule has 0 radical (unpaired) electrons. The fourth-order valence-electron chi connectivity index (χ4n) is 1.58. The van der Waals surface area contributed by atoms with Gasteiger partial charge in [-0.25, -0.2) is 4.79 Å². The van der Waals surface area contributed by atoms with Crippen molar-refractivity contribution in [2.75, 3.05) is 7.11 Å². The summed E-state index contributed by atoms with van der Waals surface area (Å²) in [6, 6.07) is 4.99. The predicted molar refractivity (Wildman–Crippen MR) is 83.1 cm³/mol. The third-order valence-electron chi connectivity index (χ3n) is 2.63. The highest BCUT2D eigenvalue weighted by Crippen LogP contribution is 2.30. The van der Waals surface area contributed by atoms with Gasteiger partial charge < -0.3 is 14.3 Å². The zero-order valence-electron chi connectivity index (χ0n) is 11.9. The second-order valence-corrected chi connectivity index (χ2v) is 5.53. The van der Waals surface area contributed by atoms with Crippen LogP contribution in [0.2, 0.25) is 5.02 Å². The van der Waals surface area contributed by atoms with E-state index in [-0.39, 0.29) is 10.1 Å². The molecule has 0 bridgehead atoms. The highest BCUT2D eigenvalue weighted by molar-refractivity contribution is 8.03. The van der Waals surface area contributed by atoms with Crippen molar-refractivity contribution < 1.29 is 19.1 Å². The van der Waals surface area contributed by atoms with Gasteiger partial charge in [0.2, 0.25) is 5.89 Å². The Morgan fingerprint density at radius 3 is 2.82 bits per heavy atom. The van der Waals surface area contributed by atoms with Crippen molar-refractivity contribution in [2.45, 2.75) is 18.6 Å². The van der Waals surface area contributed by atoms with E-state index in [1.807, 2.05) is 6.92 Å². The molecule has 1 heterocycles. The van der Waals surface area contributed by atoms with Gasteiger partial charge in [-0.05, 0) is 35.5 Å². The van der Waals surface area contributed by atoms with Crippen LogP contribution in [0.5, 0.6) is 5.75 Å². The SMILES string of the molecule is CCc1nnc(S/C(=C/c2ccc(OC)c(Cl)c2)C(=O)O)o1. The molecule has 0 amide bonds. The van der Waals surface area contributed by atoms with Crippen molar-refractivity contribution in [1.29, 1.82) is 0 Å². The van der Waals surface area contributed by atoms with Crippen molar-refractivity contribution in [2.24, 2.45) is 0 Å². The quantitative estimate of drug-likeness (QED) is 0.636. The first-order chi connectivity index (χ1) is 10.5. The molecule has 2 aromatic rings. The average molecular weight is 341 g/mol. The van der Waals surface area contributed by atoms with Crippen LogP contribution in [0, 0.1) is 0 Å². The minimum absolute atomic E-state index is 0.0486. The fraction of sp³-hybridized carbons (Fsp3) is 0.214.